The topological polar surface area (TPSA) is 92.3 Å². The smallest absolute Gasteiger partial charge is 0.410 e. The Bertz CT molecular complexity index is 1100. The molecule has 1 amide bonds. The van der Waals surface area contributed by atoms with Crippen LogP contribution in [0.15, 0.2) is 47.1 Å². The monoisotopic (exact) mass is 454 g/mol. The van der Waals surface area contributed by atoms with E-state index in [1.165, 1.54) is 6.26 Å². The largest absolute Gasteiger partial charge is 0.467 e. The van der Waals surface area contributed by atoms with E-state index in [0.717, 1.165) is 0 Å². The van der Waals surface area contributed by atoms with Crippen molar-refractivity contribution in [2.75, 3.05) is 10.6 Å². The summed E-state index contributed by atoms with van der Waals surface area (Å²) in [5, 5.41) is 18.8. The number of hydrogen-bond acceptors (Lipinski definition) is 5. The van der Waals surface area contributed by atoms with Crippen LogP contribution in [0.3, 0.4) is 0 Å². The number of carbonyl (C=O) groups is 1. The SMILES string of the molecule is C[C@@H](O)c1cccc(NC(=O)c2nn3c(c2Cl)N[C@@H](c2ccco2)C[C@H]3C(F)(F)F)c1. The van der Waals surface area contributed by atoms with Crippen LogP contribution >= 0.6 is 11.6 Å². The van der Waals surface area contributed by atoms with Crippen molar-refractivity contribution >= 4 is 29.0 Å². The van der Waals surface area contributed by atoms with Crippen LogP contribution in [0.25, 0.3) is 0 Å². The highest BCUT2D eigenvalue weighted by Gasteiger charge is 2.48. The van der Waals surface area contributed by atoms with Gasteiger partial charge >= 0.3 is 6.18 Å². The minimum atomic E-state index is -4.61. The van der Waals surface area contributed by atoms with Crippen molar-refractivity contribution in [1.82, 2.24) is 9.78 Å². The Hall–Kier alpha value is -2.98. The standard InChI is InChI=1S/C20H18ClF3N4O3/c1-10(29)11-4-2-5-12(8-11)25-19(30)17-16(21)18-26-13(14-6-3-7-31-14)9-15(20(22,23)24)28(18)27-17/h2-8,10,13,15,26,29H,9H2,1H3,(H,25,30)/t10-,13-,15+/m1/s1. The van der Waals surface area contributed by atoms with Gasteiger partial charge in [0.05, 0.1) is 18.4 Å². The average molecular weight is 455 g/mol. The number of benzene rings is 1. The summed E-state index contributed by atoms with van der Waals surface area (Å²) < 4.78 is 47.2. The molecule has 3 aromatic rings. The highest BCUT2D eigenvalue weighted by atomic mass is 35.5. The number of fused-ring (bicyclic) bond motifs is 1. The molecule has 1 aliphatic heterocycles. The van der Waals surface area contributed by atoms with Crippen LogP contribution in [0.1, 0.15) is 53.3 Å². The van der Waals surface area contributed by atoms with Crippen LogP contribution in [0.5, 0.6) is 0 Å². The first-order chi connectivity index (χ1) is 14.6. The summed E-state index contributed by atoms with van der Waals surface area (Å²) in [5.41, 5.74) is 0.563. The van der Waals surface area contributed by atoms with Crippen molar-refractivity contribution in [3.63, 3.8) is 0 Å². The van der Waals surface area contributed by atoms with E-state index in [1.807, 2.05) is 0 Å². The molecule has 3 N–H and O–H groups in total. The number of amides is 1. The van der Waals surface area contributed by atoms with Gasteiger partial charge in [0.25, 0.3) is 5.91 Å². The summed E-state index contributed by atoms with van der Waals surface area (Å²) in [6.45, 7) is 1.57. The van der Waals surface area contributed by atoms with E-state index in [-0.39, 0.29) is 23.0 Å². The first-order valence-electron chi connectivity index (χ1n) is 9.39. The van der Waals surface area contributed by atoms with E-state index in [1.54, 1.807) is 43.3 Å². The fourth-order valence-corrected chi connectivity index (χ4v) is 3.74. The number of aromatic nitrogens is 2. The fraction of sp³-hybridized carbons (Fsp3) is 0.300. The Morgan fingerprint density at radius 2 is 2.16 bits per heavy atom. The molecule has 1 aliphatic rings. The van der Waals surface area contributed by atoms with Gasteiger partial charge in [-0.15, -0.1) is 0 Å². The van der Waals surface area contributed by atoms with E-state index in [4.69, 9.17) is 16.0 Å². The number of halogens is 4. The predicted octanol–water partition coefficient (Wildman–Crippen LogP) is 5.10. The van der Waals surface area contributed by atoms with Gasteiger partial charge in [0.2, 0.25) is 0 Å². The van der Waals surface area contributed by atoms with Gasteiger partial charge < -0.3 is 20.2 Å². The van der Waals surface area contributed by atoms with Crippen molar-refractivity contribution < 1.29 is 27.5 Å². The lowest BCUT2D eigenvalue weighted by molar-refractivity contribution is -0.174. The molecule has 2 aromatic heterocycles. The van der Waals surface area contributed by atoms with Crippen molar-refractivity contribution in [3.8, 4) is 0 Å². The van der Waals surface area contributed by atoms with Gasteiger partial charge in [0, 0.05) is 12.1 Å². The summed E-state index contributed by atoms with van der Waals surface area (Å²) in [6.07, 6.45) is -4.38. The van der Waals surface area contributed by atoms with Crippen molar-refractivity contribution in [2.45, 2.75) is 37.7 Å². The maximum absolute atomic E-state index is 13.8. The van der Waals surface area contributed by atoms with Crippen LogP contribution in [0.2, 0.25) is 5.02 Å². The maximum Gasteiger partial charge on any atom is 0.410 e. The van der Waals surface area contributed by atoms with Gasteiger partial charge in [0.1, 0.15) is 16.6 Å². The van der Waals surface area contributed by atoms with Gasteiger partial charge in [-0.25, -0.2) is 4.68 Å². The third-order valence-corrected chi connectivity index (χ3v) is 5.38. The van der Waals surface area contributed by atoms with E-state index in [9.17, 15) is 23.1 Å². The van der Waals surface area contributed by atoms with E-state index >= 15 is 0 Å². The second kappa shape index (κ2) is 7.93. The Morgan fingerprint density at radius 3 is 2.81 bits per heavy atom. The first-order valence-corrected chi connectivity index (χ1v) is 9.77. The Balaban J connectivity index is 1.67. The van der Waals surface area contributed by atoms with Crippen LogP contribution in [0, 0.1) is 0 Å². The number of alkyl halides is 3. The Morgan fingerprint density at radius 1 is 1.39 bits per heavy atom. The second-order valence-electron chi connectivity index (χ2n) is 7.22. The molecule has 0 aliphatic carbocycles. The minimum Gasteiger partial charge on any atom is -0.467 e. The summed E-state index contributed by atoms with van der Waals surface area (Å²) in [5.74, 6) is -0.565. The molecule has 0 unspecified atom stereocenters. The van der Waals surface area contributed by atoms with E-state index in [2.05, 4.69) is 15.7 Å². The van der Waals surface area contributed by atoms with Gasteiger partial charge in [0.15, 0.2) is 11.7 Å². The number of rotatable bonds is 4. The number of carbonyl (C=O) groups excluding carboxylic acids is 1. The quantitative estimate of drug-likeness (QED) is 0.510. The summed E-state index contributed by atoms with van der Waals surface area (Å²) >= 11 is 6.28. The Kier molecular flexibility index (Phi) is 5.44. The molecule has 3 heterocycles. The molecule has 0 spiro atoms. The molecule has 11 heteroatoms. The van der Waals surface area contributed by atoms with Crippen LogP contribution in [-0.2, 0) is 0 Å². The molecule has 7 nitrogen and oxygen atoms in total. The molecule has 0 radical (unpaired) electrons. The first kappa shape index (κ1) is 21.3. The molecule has 4 rings (SSSR count). The zero-order valence-corrected chi connectivity index (χ0v) is 16.9. The molecular weight excluding hydrogens is 437 g/mol. The number of anilines is 2. The lowest BCUT2D eigenvalue weighted by atomic mass is 10.0. The predicted molar refractivity (Wildman–Crippen MR) is 107 cm³/mol. The number of nitrogens with zero attached hydrogens (tertiary/aromatic N) is 2. The normalized spacial score (nSPS) is 19.4. The van der Waals surface area contributed by atoms with Gasteiger partial charge in [-0.2, -0.15) is 18.3 Å². The number of furan rings is 1. The minimum absolute atomic E-state index is 0.112. The van der Waals surface area contributed by atoms with Gasteiger partial charge in [-0.3, -0.25) is 4.79 Å². The summed E-state index contributed by atoms with van der Waals surface area (Å²) in [7, 11) is 0. The second-order valence-corrected chi connectivity index (χ2v) is 7.59. The fourth-order valence-electron chi connectivity index (χ4n) is 3.48. The van der Waals surface area contributed by atoms with Crippen molar-refractivity contribution in [3.05, 3.63) is 64.7 Å². The number of nitrogens with one attached hydrogen (secondary N) is 2. The van der Waals surface area contributed by atoms with Gasteiger partial charge in [-0.05, 0) is 36.8 Å². The third-order valence-electron chi connectivity index (χ3n) is 5.02. The van der Waals surface area contributed by atoms with Crippen LogP contribution in [-0.4, -0.2) is 27.0 Å². The zero-order chi connectivity index (χ0) is 22.3. The highest BCUT2D eigenvalue weighted by molar-refractivity contribution is 6.36. The number of hydrogen-bond donors (Lipinski definition) is 3. The van der Waals surface area contributed by atoms with Crippen molar-refractivity contribution in [2.24, 2.45) is 0 Å². The summed E-state index contributed by atoms with van der Waals surface area (Å²) in [6, 6.07) is 6.80. The molecular formula is C20H18ClF3N4O3. The molecule has 0 bridgehead atoms. The average Bonchev–Trinajstić information content (AvgIpc) is 3.35. The van der Waals surface area contributed by atoms with Gasteiger partial charge in [-0.1, -0.05) is 23.7 Å². The number of aliphatic hydroxyl groups excluding tert-OH is 1. The maximum atomic E-state index is 13.8. The zero-order valence-electron chi connectivity index (χ0n) is 16.2. The molecule has 31 heavy (non-hydrogen) atoms. The lowest BCUT2D eigenvalue weighted by Crippen LogP contribution is -2.35. The number of aliphatic hydroxyl groups is 1. The molecule has 0 saturated carbocycles. The molecule has 1 aromatic carbocycles. The third kappa shape index (κ3) is 4.13. The Labute approximate surface area is 179 Å². The van der Waals surface area contributed by atoms with E-state index < -0.39 is 30.3 Å². The van der Waals surface area contributed by atoms with E-state index in [0.29, 0.717) is 21.7 Å². The molecule has 0 fully saturated rings. The highest BCUT2D eigenvalue weighted by Crippen LogP contribution is 2.46. The lowest BCUT2D eigenvalue weighted by Gasteiger charge is -2.32. The molecule has 3 atom stereocenters. The summed E-state index contributed by atoms with van der Waals surface area (Å²) in [4.78, 5) is 12.7. The van der Waals surface area contributed by atoms with Crippen LogP contribution < -0.4 is 10.6 Å². The van der Waals surface area contributed by atoms with Crippen molar-refractivity contribution in [1.29, 1.82) is 0 Å². The molecule has 164 valence electrons. The molecule has 0 saturated heterocycles. The van der Waals surface area contributed by atoms with Crippen LogP contribution in [0.4, 0.5) is 24.7 Å².